The fourth-order valence-corrected chi connectivity index (χ4v) is 3.85. The quantitative estimate of drug-likeness (QED) is 0.606. The van der Waals surface area contributed by atoms with Crippen molar-refractivity contribution in [3.63, 3.8) is 0 Å². The summed E-state index contributed by atoms with van der Waals surface area (Å²) in [6, 6.07) is 10.7. The number of nitrogens with one attached hydrogen (secondary N) is 1. The van der Waals surface area contributed by atoms with Crippen LogP contribution in [-0.2, 0) is 22.5 Å². The highest BCUT2D eigenvalue weighted by Crippen LogP contribution is 2.38. The monoisotopic (exact) mass is 447 g/mol. The predicted molar refractivity (Wildman–Crippen MR) is 102 cm³/mol. The van der Waals surface area contributed by atoms with E-state index in [1.807, 2.05) is 30.3 Å². The summed E-state index contributed by atoms with van der Waals surface area (Å²) >= 11 is 0. The van der Waals surface area contributed by atoms with Crippen LogP contribution in [0.5, 0.6) is 0 Å². The van der Waals surface area contributed by atoms with Crippen LogP contribution in [0.1, 0.15) is 41.2 Å². The highest BCUT2D eigenvalue weighted by molar-refractivity contribution is 5.35. The number of piperidine rings is 1. The molecule has 9 heteroatoms. The second-order valence-electron chi connectivity index (χ2n) is 7.77. The Hall–Kier alpha value is -2.10. The number of alkyl halides is 6. The molecule has 2 aromatic carbocycles. The zero-order valence-corrected chi connectivity index (χ0v) is 16.6. The number of benzene rings is 2. The highest BCUT2D eigenvalue weighted by Gasteiger charge is 2.38. The van der Waals surface area contributed by atoms with Gasteiger partial charge in [0.05, 0.1) is 24.3 Å². The van der Waals surface area contributed by atoms with E-state index in [1.165, 1.54) is 0 Å². The second-order valence-corrected chi connectivity index (χ2v) is 7.77. The summed E-state index contributed by atoms with van der Waals surface area (Å²) in [4.78, 5) is 0. The minimum Gasteiger partial charge on any atom is -0.386 e. The van der Waals surface area contributed by atoms with E-state index in [9.17, 15) is 31.4 Å². The molecule has 1 unspecified atom stereocenters. The summed E-state index contributed by atoms with van der Waals surface area (Å²) in [6.07, 6.45) is -10.0. The van der Waals surface area contributed by atoms with Gasteiger partial charge < -0.3 is 15.2 Å². The third kappa shape index (κ3) is 5.78. The van der Waals surface area contributed by atoms with Crippen LogP contribution in [0.25, 0.3) is 0 Å². The Morgan fingerprint density at radius 3 is 1.97 bits per heavy atom. The molecule has 1 atom stereocenters. The lowest BCUT2D eigenvalue weighted by Crippen LogP contribution is -2.43. The third-order valence-corrected chi connectivity index (χ3v) is 5.60. The topological polar surface area (TPSA) is 41.5 Å². The number of hydrogen-bond donors (Lipinski definition) is 2. The van der Waals surface area contributed by atoms with Crippen LogP contribution >= 0.6 is 0 Å². The Balaban J connectivity index is 1.76. The maximum absolute atomic E-state index is 13.0. The van der Waals surface area contributed by atoms with E-state index in [0.717, 1.165) is 31.5 Å². The van der Waals surface area contributed by atoms with Crippen molar-refractivity contribution >= 4 is 0 Å². The van der Waals surface area contributed by atoms with Crippen molar-refractivity contribution in [2.24, 2.45) is 0 Å². The normalized spacial score (nSPS) is 18.0. The highest BCUT2D eigenvalue weighted by atomic mass is 19.4. The van der Waals surface area contributed by atoms with Crippen molar-refractivity contribution in [1.29, 1.82) is 0 Å². The molecule has 170 valence electrons. The average Bonchev–Trinajstić information content (AvgIpc) is 2.73. The number of hydrogen-bond acceptors (Lipinski definition) is 3. The van der Waals surface area contributed by atoms with Gasteiger partial charge in [-0.15, -0.1) is 0 Å². The molecule has 0 bridgehead atoms. The van der Waals surface area contributed by atoms with Gasteiger partial charge in [0.15, 0.2) is 0 Å². The minimum atomic E-state index is -4.97. The molecule has 3 rings (SSSR count). The first-order valence-corrected chi connectivity index (χ1v) is 9.83. The first kappa shape index (κ1) is 23.6. The van der Waals surface area contributed by atoms with Crippen LogP contribution in [0, 0.1) is 0 Å². The lowest BCUT2D eigenvalue weighted by Gasteiger charge is -2.38. The van der Waals surface area contributed by atoms with E-state index in [4.69, 9.17) is 4.74 Å². The summed E-state index contributed by atoms with van der Waals surface area (Å²) in [7, 11) is 0. The number of rotatable bonds is 6. The molecule has 1 aliphatic rings. The lowest BCUT2D eigenvalue weighted by molar-refractivity contribution is -0.143. The smallest absolute Gasteiger partial charge is 0.386 e. The van der Waals surface area contributed by atoms with Gasteiger partial charge in [0.1, 0.15) is 6.10 Å². The zero-order chi connectivity index (χ0) is 22.7. The van der Waals surface area contributed by atoms with E-state index in [2.05, 4.69) is 5.32 Å². The Morgan fingerprint density at radius 2 is 1.45 bits per heavy atom. The molecule has 0 aromatic heterocycles. The van der Waals surface area contributed by atoms with E-state index < -0.39 is 41.8 Å². The Bertz CT molecular complexity index is 828. The summed E-state index contributed by atoms with van der Waals surface area (Å²) in [5.74, 6) is 0. The van der Waals surface area contributed by atoms with Gasteiger partial charge in [-0.2, -0.15) is 26.3 Å². The fourth-order valence-electron chi connectivity index (χ4n) is 3.85. The lowest BCUT2D eigenvalue weighted by atomic mass is 9.74. The molecule has 3 nitrogen and oxygen atoms in total. The van der Waals surface area contributed by atoms with Crippen molar-refractivity contribution < 1.29 is 36.2 Å². The van der Waals surface area contributed by atoms with E-state index in [-0.39, 0.29) is 18.1 Å². The molecule has 1 fully saturated rings. The van der Waals surface area contributed by atoms with Gasteiger partial charge in [0.25, 0.3) is 0 Å². The van der Waals surface area contributed by atoms with E-state index >= 15 is 0 Å². The third-order valence-electron chi connectivity index (χ3n) is 5.60. The second kappa shape index (κ2) is 9.18. The Kier molecular flexibility index (Phi) is 6.98. The molecule has 0 aliphatic carbocycles. The predicted octanol–water partition coefficient (Wildman–Crippen LogP) is 5.10. The van der Waals surface area contributed by atoms with Gasteiger partial charge in [0, 0.05) is 5.41 Å². The molecular formula is C22H23F6NO2. The summed E-state index contributed by atoms with van der Waals surface area (Å²) in [6.45, 7) is 1.29. The van der Waals surface area contributed by atoms with Crippen LogP contribution < -0.4 is 5.32 Å². The number of aliphatic hydroxyl groups excluding tert-OH is 1. The van der Waals surface area contributed by atoms with Crippen molar-refractivity contribution in [1.82, 2.24) is 5.32 Å². The average molecular weight is 447 g/mol. The maximum atomic E-state index is 13.0. The minimum absolute atomic E-state index is 0.0382. The van der Waals surface area contributed by atoms with Gasteiger partial charge in [-0.3, -0.25) is 0 Å². The summed E-state index contributed by atoms with van der Waals surface area (Å²) < 4.78 is 83.9. The molecule has 1 saturated heterocycles. The molecular weight excluding hydrogens is 424 g/mol. The van der Waals surface area contributed by atoms with Gasteiger partial charge in [-0.1, -0.05) is 30.3 Å². The first-order chi connectivity index (χ1) is 14.5. The summed E-state index contributed by atoms with van der Waals surface area (Å²) in [5.41, 5.74) is -2.70. The van der Waals surface area contributed by atoms with Crippen molar-refractivity contribution in [3.8, 4) is 0 Å². The standard InChI is InChI=1S/C22H23F6NO2/c23-21(24,25)17-10-15(11-18(12-17)22(26,27)28)19(30)13-31-14-20(6-8-29-9-7-20)16-4-2-1-3-5-16/h1-5,10-12,19,29-30H,6-9,13-14H2. The number of aliphatic hydroxyl groups is 1. The molecule has 1 aliphatic heterocycles. The van der Waals surface area contributed by atoms with Crippen molar-refractivity contribution in [2.45, 2.75) is 36.7 Å². The van der Waals surface area contributed by atoms with Gasteiger partial charge in [-0.05, 0) is 55.3 Å². The van der Waals surface area contributed by atoms with Crippen LogP contribution in [0.3, 0.4) is 0 Å². The summed E-state index contributed by atoms with van der Waals surface area (Å²) in [5, 5.41) is 13.6. The Morgan fingerprint density at radius 1 is 0.903 bits per heavy atom. The van der Waals surface area contributed by atoms with Crippen LogP contribution in [0.15, 0.2) is 48.5 Å². The van der Waals surface area contributed by atoms with Gasteiger partial charge in [0.2, 0.25) is 0 Å². The van der Waals surface area contributed by atoms with Crippen molar-refractivity contribution in [3.05, 3.63) is 70.8 Å². The SMILES string of the molecule is OC(COCC1(c2ccccc2)CCNCC1)c1cc(C(F)(F)F)cc(C(F)(F)F)c1. The molecule has 31 heavy (non-hydrogen) atoms. The maximum Gasteiger partial charge on any atom is 0.416 e. The molecule has 0 amide bonds. The van der Waals surface area contributed by atoms with E-state index in [1.54, 1.807) is 0 Å². The number of ether oxygens (including phenoxy) is 1. The molecule has 1 heterocycles. The van der Waals surface area contributed by atoms with Crippen LogP contribution in [0.2, 0.25) is 0 Å². The molecule has 0 radical (unpaired) electrons. The first-order valence-electron chi connectivity index (χ1n) is 9.83. The molecule has 0 saturated carbocycles. The molecule has 0 spiro atoms. The van der Waals surface area contributed by atoms with Gasteiger partial charge >= 0.3 is 12.4 Å². The fraction of sp³-hybridized carbons (Fsp3) is 0.455. The number of halogens is 6. The van der Waals surface area contributed by atoms with Crippen LogP contribution in [0.4, 0.5) is 26.3 Å². The molecule has 2 aromatic rings. The van der Waals surface area contributed by atoms with Gasteiger partial charge in [-0.25, -0.2) is 0 Å². The zero-order valence-electron chi connectivity index (χ0n) is 16.6. The van der Waals surface area contributed by atoms with Crippen molar-refractivity contribution in [2.75, 3.05) is 26.3 Å². The largest absolute Gasteiger partial charge is 0.416 e. The van der Waals surface area contributed by atoms with Crippen LogP contribution in [-0.4, -0.2) is 31.4 Å². The Labute approximate surface area is 176 Å². The molecule has 2 N–H and O–H groups in total. The van der Waals surface area contributed by atoms with E-state index in [0.29, 0.717) is 12.1 Å².